The van der Waals surface area contributed by atoms with Gasteiger partial charge in [-0.1, -0.05) is 53.0 Å². The molecule has 0 aliphatic rings. The number of carbonyl (C=O) groups is 1. The molecule has 5 nitrogen and oxygen atoms in total. The van der Waals surface area contributed by atoms with Crippen LogP contribution in [-0.2, 0) is 14.8 Å². The summed E-state index contributed by atoms with van der Waals surface area (Å²) in [6, 6.07) is 17.2. The molecule has 1 N–H and O–H groups in total. The van der Waals surface area contributed by atoms with Gasteiger partial charge in [0, 0.05) is 10.7 Å². The molecule has 3 aromatic carbocycles. The molecule has 0 aliphatic heterocycles. The first-order chi connectivity index (χ1) is 14.2. The summed E-state index contributed by atoms with van der Waals surface area (Å²) in [7, 11) is -4.04. The molecule has 0 bridgehead atoms. The SMILES string of the molecule is Cc1cc(Cl)ccc1NC(=O)CN(c1ccc(Cl)c(Cl)c1)S(=O)(=O)c1ccccc1. The summed E-state index contributed by atoms with van der Waals surface area (Å²) in [6.45, 7) is 1.33. The standard InChI is InChI=1S/C21H17Cl3N2O3S/c1-14-11-15(22)7-10-20(14)25-21(27)13-26(16-8-9-18(23)19(24)12-16)30(28,29)17-5-3-2-4-6-17/h2-12H,13H2,1H3,(H,25,27). The Morgan fingerprint density at radius 3 is 2.27 bits per heavy atom. The monoisotopic (exact) mass is 482 g/mol. The largest absolute Gasteiger partial charge is 0.324 e. The van der Waals surface area contributed by atoms with E-state index in [1.54, 1.807) is 43.3 Å². The molecule has 0 aromatic heterocycles. The van der Waals surface area contributed by atoms with Gasteiger partial charge in [-0.2, -0.15) is 0 Å². The third kappa shape index (κ3) is 5.08. The summed E-state index contributed by atoms with van der Waals surface area (Å²) < 4.78 is 27.6. The number of halogens is 3. The number of nitrogens with zero attached hydrogens (tertiary/aromatic N) is 1. The molecule has 0 fully saturated rings. The number of amides is 1. The Labute approximate surface area is 190 Å². The van der Waals surface area contributed by atoms with E-state index in [1.807, 2.05) is 0 Å². The van der Waals surface area contributed by atoms with Gasteiger partial charge in [-0.3, -0.25) is 9.10 Å². The van der Waals surface area contributed by atoms with Gasteiger partial charge in [-0.25, -0.2) is 8.42 Å². The zero-order chi connectivity index (χ0) is 21.9. The van der Waals surface area contributed by atoms with E-state index in [2.05, 4.69) is 5.32 Å². The van der Waals surface area contributed by atoms with Crippen molar-refractivity contribution in [3.63, 3.8) is 0 Å². The van der Waals surface area contributed by atoms with Crippen molar-refractivity contribution in [2.45, 2.75) is 11.8 Å². The Balaban J connectivity index is 1.97. The zero-order valence-electron chi connectivity index (χ0n) is 15.8. The highest BCUT2D eigenvalue weighted by Crippen LogP contribution is 2.30. The maximum Gasteiger partial charge on any atom is 0.264 e. The highest BCUT2D eigenvalue weighted by Gasteiger charge is 2.27. The fourth-order valence-corrected chi connectivity index (χ4v) is 4.72. The van der Waals surface area contributed by atoms with Crippen LogP contribution in [0.2, 0.25) is 15.1 Å². The number of hydrogen-bond donors (Lipinski definition) is 1. The van der Waals surface area contributed by atoms with Crippen molar-refractivity contribution in [2.24, 2.45) is 0 Å². The van der Waals surface area contributed by atoms with E-state index in [1.165, 1.54) is 30.3 Å². The molecule has 1 amide bonds. The fraction of sp³-hybridized carbons (Fsp3) is 0.0952. The van der Waals surface area contributed by atoms with Crippen LogP contribution in [0.5, 0.6) is 0 Å². The Morgan fingerprint density at radius 1 is 0.933 bits per heavy atom. The minimum Gasteiger partial charge on any atom is -0.324 e. The molecule has 3 rings (SSSR count). The van der Waals surface area contributed by atoms with Gasteiger partial charge in [0.05, 0.1) is 20.6 Å². The van der Waals surface area contributed by atoms with Crippen LogP contribution in [0, 0.1) is 6.92 Å². The van der Waals surface area contributed by atoms with Crippen LogP contribution < -0.4 is 9.62 Å². The lowest BCUT2D eigenvalue weighted by Gasteiger charge is -2.24. The molecule has 30 heavy (non-hydrogen) atoms. The van der Waals surface area contributed by atoms with Crippen molar-refractivity contribution in [3.8, 4) is 0 Å². The minimum absolute atomic E-state index is 0.0477. The maximum atomic E-state index is 13.3. The van der Waals surface area contributed by atoms with Crippen LogP contribution in [0.4, 0.5) is 11.4 Å². The highest BCUT2D eigenvalue weighted by molar-refractivity contribution is 7.92. The van der Waals surface area contributed by atoms with E-state index in [0.29, 0.717) is 10.7 Å². The summed E-state index contributed by atoms with van der Waals surface area (Å²) in [4.78, 5) is 12.8. The van der Waals surface area contributed by atoms with Crippen molar-refractivity contribution >= 4 is 62.1 Å². The number of anilines is 2. The first-order valence-corrected chi connectivity index (χ1v) is 11.3. The summed E-state index contributed by atoms with van der Waals surface area (Å²) in [5.74, 6) is -0.522. The molecule has 9 heteroatoms. The average molecular weight is 484 g/mol. The average Bonchev–Trinajstić information content (AvgIpc) is 2.71. The number of nitrogens with one attached hydrogen (secondary N) is 1. The molecule has 0 radical (unpaired) electrons. The normalized spacial score (nSPS) is 11.2. The Morgan fingerprint density at radius 2 is 1.63 bits per heavy atom. The third-order valence-electron chi connectivity index (χ3n) is 4.27. The van der Waals surface area contributed by atoms with E-state index in [4.69, 9.17) is 34.8 Å². The quantitative estimate of drug-likeness (QED) is 0.482. The highest BCUT2D eigenvalue weighted by atomic mass is 35.5. The molecule has 0 atom stereocenters. The third-order valence-corrected chi connectivity index (χ3v) is 7.03. The second-order valence-corrected chi connectivity index (χ2v) is 9.54. The van der Waals surface area contributed by atoms with Gasteiger partial charge in [0.1, 0.15) is 6.54 Å². The van der Waals surface area contributed by atoms with E-state index in [-0.39, 0.29) is 20.6 Å². The van der Waals surface area contributed by atoms with Crippen LogP contribution in [0.1, 0.15) is 5.56 Å². The topological polar surface area (TPSA) is 66.5 Å². The van der Waals surface area contributed by atoms with Gasteiger partial charge < -0.3 is 5.32 Å². The second-order valence-electron chi connectivity index (χ2n) is 6.43. The van der Waals surface area contributed by atoms with E-state index < -0.39 is 22.5 Å². The van der Waals surface area contributed by atoms with Crippen molar-refractivity contribution in [1.82, 2.24) is 0 Å². The molecular weight excluding hydrogens is 467 g/mol. The number of hydrogen-bond acceptors (Lipinski definition) is 3. The predicted molar refractivity (Wildman–Crippen MR) is 122 cm³/mol. The lowest BCUT2D eigenvalue weighted by atomic mass is 10.2. The number of sulfonamides is 1. The van der Waals surface area contributed by atoms with Crippen molar-refractivity contribution in [3.05, 3.63) is 87.4 Å². The van der Waals surface area contributed by atoms with Gasteiger partial charge in [0.15, 0.2) is 0 Å². The van der Waals surface area contributed by atoms with Crippen molar-refractivity contribution < 1.29 is 13.2 Å². The number of aryl methyl sites for hydroxylation is 1. The molecule has 0 saturated heterocycles. The Kier molecular flexibility index (Phi) is 6.93. The second kappa shape index (κ2) is 9.27. The first kappa shape index (κ1) is 22.4. The van der Waals surface area contributed by atoms with Crippen LogP contribution >= 0.6 is 34.8 Å². The lowest BCUT2D eigenvalue weighted by molar-refractivity contribution is -0.114. The lowest BCUT2D eigenvalue weighted by Crippen LogP contribution is -2.38. The molecule has 0 aliphatic carbocycles. The number of carbonyl (C=O) groups excluding carboxylic acids is 1. The molecule has 0 heterocycles. The van der Waals surface area contributed by atoms with Gasteiger partial charge >= 0.3 is 0 Å². The van der Waals surface area contributed by atoms with Crippen molar-refractivity contribution in [2.75, 3.05) is 16.2 Å². The molecular formula is C21H17Cl3N2O3S. The summed E-state index contributed by atoms with van der Waals surface area (Å²) in [5.41, 5.74) is 1.51. The maximum absolute atomic E-state index is 13.3. The summed E-state index contributed by atoms with van der Waals surface area (Å²) in [5, 5.41) is 3.71. The number of benzene rings is 3. The van der Waals surface area contributed by atoms with E-state index in [9.17, 15) is 13.2 Å². The zero-order valence-corrected chi connectivity index (χ0v) is 18.9. The van der Waals surface area contributed by atoms with Gasteiger partial charge in [-0.05, 0) is 61.0 Å². The molecule has 0 saturated carbocycles. The van der Waals surface area contributed by atoms with Crippen molar-refractivity contribution in [1.29, 1.82) is 0 Å². The van der Waals surface area contributed by atoms with Crippen LogP contribution in [-0.4, -0.2) is 20.9 Å². The first-order valence-electron chi connectivity index (χ1n) is 8.77. The Bertz CT molecular complexity index is 1190. The summed E-state index contributed by atoms with van der Waals surface area (Å²) in [6.07, 6.45) is 0. The fourth-order valence-electron chi connectivity index (χ4n) is 2.76. The number of rotatable bonds is 6. The summed E-state index contributed by atoms with van der Waals surface area (Å²) >= 11 is 18.0. The van der Waals surface area contributed by atoms with Gasteiger partial charge in [0.25, 0.3) is 10.0 Å². The molecule has 156 valence electrons. The Hall–Kier alpha value is -2.25. The van der Waals surface area contributed by atoms with E-state index >= 15 is 0 Å². The molecule has 0 spiro atoms. The minimum atomic E-state index is -4.04. The smallest absolute Gasteiger partial charge is 0.264 e. The van der Waals surface area contributed by atoms with E-state index in [0.717, 1.165) is 9.87 Å². The predicted octanol–water partition coefficient (Wildman–Crippen LogP) is 5.79. The molecule has 3 aromatic rings. The van der Waals surface area contributed by atoms with Gasteiger partial charge in [-0.15, -0.1) is 0 Å². The van der Waals surface area contributed by atoms with Crippen LogP contribution in [0.3, 0.4) is 0 Å². The molecule has 0 unspecified atom stereocenters. The van der Waals surface area contributed by atoms with Crippen LogP contribution in [0.15, 0.2) is 71.6 Å². The van der Waals surface area contributed by atoms with Crippen LogP contribution in [0.25, 0.3) is 0 Å². The van der Waals surface area contributed by atoms with Gasteiger partial charge in [0.2, 0.25) is 5.91 Å².